The van der Waals surface area contributed by atoms with Gasteiger partial charge in [0, 0.05) is 35.9 Å². The molecule has 3 aromatic rings. The number of nitrogens with one attached hydrogen (secondary N) is 2. The van der Waals surface area contributed by atoms with Crippen LogP contribution in [0.15, 0.2) is 72.8 Å². The Morgan fingerprint density at radius 2 is 1.71 bits per heavy atom. The molecule has 2 unspecified atom stereocenters. The molecular weight excluding hydrogens is 442 g/mol. The van der Waals surface area contributed by atoms with Gasteiger partial charge in [0.05, 0.1) is 17.0 Å². The number of nitrogens with zero attached hydrogens (tertiary/aromatic N) is 1. The predicted octanol–water partition coefficient (Wildman–Crippen LogP) is 6.75. The number of carbonyl (C=O) groups excluding carboxylic acids is 1. The number of hydrogen-bond acceptors (Lipinski definition) is 3. The summed E-state index contributed by atoms with van der Waals surface area (Å²) in [5.41, 5.74) is 6.21. The van der Waals surface area contributed by atoms with Crippen molar-refractivity contribution in [2.24, 2.45) is 11.8 Å². The van der Waals surface area contributed by atoms with Crippen molar-refractivity contribution in [3.8, 4) is 0 Å². The molecule has 5 heteroatoms. The van der Waals surface area contributed by atoms with Crippen molar-refractivity contribution >= 4 is 40.2 Å². The monoisotopic (exact) mass is 471 g/mol. The second-order valence-electron chi connectivity index (χ2n) is 9.72. The first kappa shape index (κ1) is 22.7. The smallest absolute Gasteiger partial charge is 0.258 e. The van der Waals surface area contributed by atoms with E-state index in [1.165, 1.54) is 12.0 Å². The molecule has 0 radical (unpaired) electrons. The van der Waals surface area contributed by atoms with E-state index in [2.05, 4.69) is 53.6 Å². The van der Waals surface area contributed by atoms with Crippen LogP contribution in [0.25, 0.3) is 11.3 Å². The largest absolute Gasteiger partial charge is 0.354 e. The molecule has 2 aliphatic rings. The van der Waals surface area contributed by atoms with Gasteiger partial charge in [-0.25, -0.2) is 0 Å². The summed E-state index contributed by atoms with van der Waals surface area (Å²) in [7, 11) is 0. The van der Waals surface area contributed by atoms with E-state index >= 15 is 0 Å². The molecule has 0 aliphatic carbocycles. The average molecular weight is 472 g/mol. The summed E-state index contributed by atoms with van der Waals surface area (Å²) in [5, 5.41) is 7.10. The Balaban J connectivity index is 1.44. The van der Waals surface area contributed by atoms with Gasteiger partial charge < -0.3 is 10.6 Å². The van der Waals surface area contributed by atoms with Gasteiger partial charge in [-0.1, -0.05) is 74.0 Å². The molecule has 2 atom stereocenters. The molecule has 34 heavy (non-hydrogen) atoms. The topological polar surface area (TPSA) is 44.4 Å². The van der Waals surface area contributed by atoms with Crippen molar-refractivity contribution < 1.29 is 4.79 Å². The SMILES string of the molecule is CC1CC(C)CN(Cc2ccc(NC(=C3C(=O)Nc4cc(Cl)ccc43)c3ccccc3)cc2)C1. The van der Waals surface area contributed by atoms with Gasteiger partial charge in [-0.05, 0) is 53.6 Å². The van der Waals surface area contributed by atoms with Crippen LogP contribution in [0.2, 0.25) is 5.02 Å². The molecule has 0 spiro atoms. The van der Waals surface area contributed by atoms with Gasteiger partial charge in [-0.2, -0.15) is 0 Å². The Morgan fingerprint density at radius 1 is 1.00 bits per heavy atom. The van der Waals surface area contributed by atoms with Crippen LogP contribution in [0.5, 0.6) is 0 Å². The van der Waals surface area contributed by atoms with Crippen molar-refractivity contribution in [3.05, 3.63) is 94.5 Å². The number of carbonyl (C=O) groups is 1. The van der Waals surface area contributed by atoms with E-state index in [9.17, 15) is 4.79 Å². The second kappa shape index (κ2) is 9.65. The Kier molecular flexibility index (Phi) is 6.44. The normalized spacial score (nSPS) is 21.7. The molecular formula is C29H30ClN3O. The van der Waals surface area contributed by atoms with Crippen LogP contribution in [-0.4, -0.2) is 23.9 Å². The van der Waals surface area contributed by atoms with Gasteiger partial charge in [0.1, 0.15) is 0 Å². The van der Waals surface area contributed by atoms with Crippen LogP contribution in [0.3, 0.4) is 0 Å². The number of halogens is 1. The molecule has 5 rings (SSSR count). The van der Waals surface area contributed by atoms with Gasteiger partial charge in [0.15, 0.2) is 0 Å². The summed E-state index contributed by atoms with van der Waals surface area (Å²) in [6, 6.07) is 24.1. The van der Waals surface area contributed by atoms with E-state index in [-0.39, 0.29) is 5.91 Å². The average Bonchev–Trinajstić information content (AvgIpc) is 3.13. The van der Waals surface area contributed by atoms with Crippen LogP contribution in [0.4, 0.5) is 11.4 Å². The summed E-state index contributed by atoms with van der Waals surface area (Å²) in [6.45, 7) is 7.98. The van der Waals surface area contributed by atoms with Crippen molar-refractivity contribution in [3.63, 3.8) is 0 Å². The molecule has 1 fully saturated rings. The molecule has 174 valence electrons. The number of piperidine rings is 1. The van der Waals surface area contributed by atoms with E-state index < -0.39 is 0 Å². The highest BCUT2D eigenvalue weighted by molar-refractivity contribution is 6.38. The number of amides is 1. The number of rotatable bonds is 5. The third-order valence-electron chi connectivity index (χ3n) is 6.61. The zero-order chi connectivity index (χ0) is 23.7. The fraction of sp³-hybridized carbons (Fsp3) is 0.276. The van der Waals surface area contributed by atoms with E-state index in [1.54, 1.807) is 6.07 Å². The zero-order valence-corrected chi connectivity index (χ0v) is 20.4. The third-order valence-corrected chi connectivity index (χ3v) is 6.85. The maximum atomic E-state index is 13.0. The van der Waals surface area contributed by atoms with Gasteiger partial charge in [0.2, 0.25) is 0 Å². The minimum absolute atomic E-state index is 0.131. The number of benzene rings is 3. The Morgan fingerprint density at radius 3 is 2.41 bits per heavy atom. The molecule has 3 aromatic carbocycles. The van der Waals surface area contributed by atoms with Gasteiger partial charge >= 0.3 is 0 Å². The molecule has 0 saturated carbocycles. The molecule has 0 bridgehead atoms. The summed E-state index contributed by atoms with van der Waals surface area (Å²) in [6.07, 6.45) is 1.32. The Labute approximate surface area is 206 Å². The first-order valence-electron chi connectivity index (χ1n) is 12.0. The molecule has 1 saturated heterocycles. The van der Waals surface area contributed by atoms with E-state index in [0.717, 1.165) is 59.7 Å². The van der Waals surface area contributed by atoms with Crippen molar-refractivity contribution in [1.82, 2.24) is 4.90 Å². The first-order valence-corrected chi connectivity index (χ1v) is 12.3. The van der Waals surface area contributed by atoms with Crippen LogP contribution >= 0.6 is 11.6 Å². The highest BCUT2D eigenvalue weighted by atomic mass is 35.5. The summed E-state index contributed by atoms with van der Waals surface area (Å²) >= 11 is 6.16. The summed E-state index contributed by atoms with van der Waals surface area (Å²) < 4.78 is 0. The lowest BCUT2D eigenvalue weighted by atomic mass is 9.91. The number of fused-ring (bicyclic) bond motifs is 1. The Hall–Kier alpha value is -3.08. The lowest BCUT2D eigenvalue weighted by molar-refractivity contribution is -0.110. The summed E-state index contributed by atoms with van der Waals surface area (Å²) in [4.78, 5) is 15.6. The van der Waals surface area contributed by atoms with Gasteiger partial charge in [-0.15, -0.1) is 0 Å². The lowest BCUT2D eigenvalue weighted by Gasteiger charge is -2.35. The molecule has 2 N–H and O–H groups in total. The molecule has 2 heterocycles. The number of likely N-dealkylation sites (tertiary alicyclic amines) is 1. The fourth-order valence-corrected chi connectivity index (χ4v) is 5.47. The quantitative estimate of drug-likeness (QED) is 0.404. The molecule has 4 nitrogen and oxygen atoms in total. The molecule has 1 amide bonds. The second-order valence-corrected chi connectivity index (χ2v) is 10.2. The number of anilines is 2. The Bertz CT molecular complexity index is 1210. The standard InChI is InChI=1S/C29H30ClN3O/c1-19-14-20(2)17-33(16-19)18-21-8-11-24(12-9-21)31-28(22-6-4-3-5-7-22)27-25-13-10-23(30)15-26(25)32-29(27)34/h3-13,15,19-20,31H,14,16-18H2,1-2H3,(H,32,34). The molecule has 0 aromatic heterocycles. The predicted molar refractivity (Wildman–Crippen MR) is 142 cm³/mol. The lowest BCUT2D eigenvalue weighted by Crippen LogP contribution is -2.38. The maximum absolute atomic E-state index is 13.0. The highest BCUT2D eigenvalue weighted by Gasteiger charge is 2.28. The number of hydrogen-bond donors (Lipinski definition) is 2. The maximum Gasteiger partial charge on any atom is 0.258 e. The highest BCUT2D eigenvalue weighted by Crippen LogP contribution is 2.38. The zero-order valence-electron chi connectivity index (χ0n) is 19.6. The van der Waals surface area contributed by atoms with Crippen LogP contribution < -0.4 is 10.6 Å². The van der Waals surface area contributed by atoms with E-state index in [0.29, 0.717) is 10.6 Å². The van der Waals surface area contributed by atoms with Crippen LogP contribution in [0, 0.1) is 11.8 Å². The van der Waals surface area contributed by atoms with Crippen LogP contribution in [0.1, 0.15) is 37.0 Å². The van der Waals surface area contributed by atoms with Crippen molar-refractivity contribution in [2.45, 2.75) is 26.8 Å². The molecule has 2 aliphatic heterocycles. The van der Waals surface area contributed by atoms with Crippen molar-refractivity contribution in [2.75, 3.05) is 23.7 Å². The van der Waals surface area contributed by atoms with E-state index in [4.69, 9.17) is 11.6 Å². The third kappa shape index (κ3) is 4.89. The fourth-order valence-electron chi connectivity index (χ4n) is 5.29. The summed E-state index contributed by atoms with van der Waals surface area (Å²) in [5.74, 6) is 1.37. The van der Waals surface area contributed by atoms with Gasteiger partial charge in [-0.3, -0.25) is 9.69 Å². The minimum atomic E-state index is -0.131. The minimum Gasteiger partial charge on any atom is -0.354 e. The first-order chi connectivity index (χ1) is 16.5. The van der Waals surface area contributed by atoms with Gasteiger partial charge in [0.25, 0.3) is 5.91 Å². The van der Waals surface area contributed by atoms with E-state index in [1.807, 2.05) is 42.5 Å². The van der Waals surface area contributed by atoms with Crippen LogP contribution in [-0.2, 0) is 11.3 Å². The van der Waals surface area contributed by atoms with Crippen molar-refractivity contribution in [1.29, 1.82) is 0 Å².